The minimum atomic E-state index is 0. The van der Waals surface area contributed by atoms with Crippen LogP contribution >= 0.6 is 0 Å². The van der Waals surface area contributed by atoms with E-state index in [0.717, 1.165) is 85.0 Å². The van der Waals surface area contributed by atoms with Gasteiger partial charge in [-0.1, -0.05) is 145 Å². The number of unbranched alkanes of at least 4 members (excludes halogenated alkanes) is 5. The number of hydrogen-bond acceptors (Lipinski definition) is 2. The van der Waals surface area contributed by atoms with Gasteiger partial charge in [0.05, 0.1) is 13.2 Å². The fourth-order valence-corrected chi connectivity index (χ4v) is 6.37. The predicted octanol–water partition coefficient (Wildman–Crippen LogP) is 12.7. The fraction of sp³-hybridized carbons (Fsp3) is 0.404. The van der Waals surface area contributed by atoms with Crippen molar-refractivity contribution in [3.05, 3.63) is 159 Å². The van der Waals surface area contributed by atoms with Crippen molar-refractivity contribution in [1.82, 2.24) is 0 Å². The van der Waals surface area contributed by atoms with E-state index in [1.54, 1.807) is 4.70 Å². The molecular formula is C47H62N2NiO2. The molecule has 0 saturated heterocycles. The molecule has 4 aromatic carbocycles. The van der Waals surface area contributed by atoms with Gasteiger partial charge in [0.2, 0.25) is 11.4 Å². The number of hydrogen-bond donors (Lipinski definition) is 2. The van der Waals surface area contributed by atoms with E-state index >= 15 is 0 Å². The minimum absolute atomic E-state index is 0. The maximum atomic E-state index is 11.8. The van der Waals surface area contributed by atoms with E-state index in [1.165, 1.54) is 54.4 Å². The Bertz CT molecular complexity index is 1610. The maximum absolute atomic E-state index is 11.8. The monoisotopic (exact) mass is 744 g/mol. The third kappa shape index (κ3) is 14.4. The molecule has 0 aromatic heterocycles. The van der Waals surface area contributed by atoms with E-state index in [1.807, 2.05) is 60.7 Å². The number of allylic oxidation sites excluding steroid dienone is 2. The average Bonchev–Trinajstić information content (AvgIpc) is 3.46. The minimum Gasteiger partial charge on any atom is -0.493 e. The van der Waals surface area contributed by atoms with Crippen LogP contribution in [-0.2, 0) is 42.5 Å². The van der Waals surface area contributed by atoms with Gasteiger partial charge in [-0.05, 0) is 97.9 Å². The second-order valence-corrected chi connectivity index (χ2v) is 13.4. The average molecular weight is 746 g/mol. The number of aryl methyl sites for hydroxylation is 2. The van der Waals surface area contributed by atoms with Gasteiger partial charge in [0.1, 0.15) is 0 Å². The molecule has 0 radical (unpaired) electrons. The molecule has 52 heavy (non-hydrogen) atoms. The molecule has 0 atom stereocenters. The van der Waals surface area contributed by atoms with Crippen LogP contribution in [0.5, 0.6) is 0 Å². The van der Waals surface area contributed by atoms with Crippen LogP contribution in [0.4, 0.5) is 0 Å². The first-order valence-corrected chi connectivity index (χ1v) is 19.4. The summed E-state index contributed by atoms with van der Waals surface area (Å²) in [6.45, 7) is 9.29. The zero-order valence-electron chi connectivity index (χ0n) is 32.1. The van der Waals surface area contributed by atoms with Crippen LogP contribution in [0.3, 0.4) is 0 Å². The van der Waals surface area contributed by atoms with E-state index in [9.17, 15) is 5.53 Å². The number of benzene rings is 4. The van der Waals surface area contributed by atoms with Crippen LogP contribution in [0, 0.1) is 0 Å². The van der Waals surface area contributed by atoms with Crippen molar-refractivity contribution < 1.29 is 31.4 Å². The molecule has 1 aliphatic heterocycles. The van der Waals surface area contributed by atoms with Crippen LogP contribution in [0.1, 0.15) is 132 Å². The molecule has 2 N–H and O–H groups in total. The number of aliphatic hydroxyl groups is 2. The van der Waals surface area contributed by atoms with Crippen molar-refractivity contribution in [3.8, 4) is 0 Å². The summed E-state index contributed by atoms with van der Waals surface area (Å²) >= 11 is 0. The van der Waals surface area contributed by atoms with E-state index < -0.39 is 0 Å². The van der Waals surface area contributed by atoms with Gasteiger partial charge in [0.15, 0.2) is 0 Å². The molecule has 0 spiro atoms. The van der Waals surface area contributed by atoms with Gasteiger partial charge in [-0.3, -0.25) is 0 Å². The Morgan fingerprint density at radius 3 is 1.17 bits per heavy atom. The molecule has 1 aliphatic rings. The van der Waals surface area contributed by atoms with Crippen LogP contribution < -0.4 is 0 Å². The summed E-state index contributed by atoms with van der Waals surface area (Å²) in [6, 6.07) is 36.8. The Labute approximate surface area is 325 Å². The summed E-state index contributed by atoms with van der Waals surface area (Å²) in [7, 11) is 0. The molecule has 4 aromatic rings. The Morgan fingerprint density at radius 1 is 0.442 bits per heavy atom. The van der Waals surface area contributed by atoms with Gasteiger partial charge in [0, 0.05) is 38.8 Å². The normalized spacial score (nSPS) is 12.2. The number of nitrogens with zero attached hydrogens (tertiary/aromatic N) is 2. The van der Waals surface area contributed by atoms with E-state index in [0.29, 0.717) is 0 Å². The van der Waals surface area contributed by atoms with Crippen LogP contribution in [0.15, 0.2) is 120 Å². The van der Waals surface area contributed by atoms with Gasteiger partial charge in [-0.15, -0.1) is 0 Å². The number of rotatable bonds is 17. The van der Waals surface area contributed by atoms with Gasteiger partial charge in [-0.2, -0.15) is 0 Å². The first-order chi connectivity index (χ1) is 25.0. The van der Waals surface area contributed by atoms with Crippen molar-refractivity contribution >= 4 is 11.4 Å². The van der Waals surface area contributed by atoms with Crippen LogP contribution in [0.25, 0.3) is 16.9 Å². The fourth-order valence-electron chi connectivity index (χ4n) is 6.37. The molecule has 0 bridgehead atoms. The third-order valence-electron chi connectivity index (χ3n) is 9.26. The van der Waals surface area contributed by atoms with Gasteiger partial charge in [-0.25, -0.2) is 4.70 Å². The largest absolute Gasteiger partial charge is 0.493 e. The molecule has 0 amide bonds. The first kappa shape index (κ1) is 44.5. The molecule has 1 heterocycles. The molecule has 0 fully saturated rings. The molecule has 282 valence electrons. The van der Waals surface area contributed by atoms with Crippen molar-refractivity contribution in [1.29, 1.82) is 0 Å². The van der Waals surface area contributed by atoms with Gasteiger partial charge >= 0.3 is 0 Å². The quantitative estimate of drug-likeness (QED) is 0.0642. The summed E-state index contributed by atoms with van der Waals surface area (Å²) in [5.41, 5.74) is 23.5. The first-order valence-electron chi connectivity index (χ1n) is 19.4. The Hall–Kier alpha value is -3.63. The SMILES string of the molecule is CCCCCc1cccc(C2=C(CCCC)C(CCCC)=C(c3cccc(CCCC)c3)[N+]2=[N-])c1.OCc1ccccc1.OCc1ccccc1.[Ni]. The molecule has 0 unspecified atom stereocenters. The Balaban J connectivity index is 0.000000449. The van der Waals surface area contributed by atoms with Crippen LogP contribution in [0.2, 0.25) is 0 Å². The van der Waals surface area contributed by atoms with Crippen LogP contribution in [-0.4, -0.2) is 14.9 Å². The smallest absolute Gasteiger partial charge is 0.211 e. The van der Waals surface area contributed by atoms with Gasteiger partial charge in [0.25, 0.3) is 0 Å². The summed E-state index contributed by atoms with van der Waals surface area (Å²) in [4.78, 5) is 0. The molecule has 4 nitrogen and oxygen atoms in total. The summed E-state index contributed by atoms with van der Waals surface area (Å²) in [5.74, 6) is 0. The van der Waals surface area contributed by atoms with Crippen molar-refractivity contribution in [2.45, 2.75) is 124 Å². The predicted molar refractivity (Wildman–Crippen MR) is 216 cm³/mol. The molecule has 5 heteroatoms. The molecule has 0 saturated carbocycles. The Morgan fingerprint density at radius 2 is 0.808 bits per heavy atom. The van der Waals surface area contributed by atoms with E-state index in [4.69, 9.17) is 10.2 Å². The number of aliphatic hydroxyl groups excluding tert-OH is 2. The van der Waals surface area contributed by atoms with E-state index in [2.05, 4.69) is 76.2 Å². The van der Waals surface area contributed by atoms with E-state index in [-0.39, 0.29) is 29.7 Å². The third-order valence-corrected chi connectivity index (χ3v) is 9.26. The second kappa shape index (κ2) is 26.2. The second-order valence-electron chi connectivity index (χ2n) is 13.4. The summed E-state index contributed by atoms with van der Waals surface area (Å²) in [6.07, 6.45) is 14.9. The summed E-state index contributed by atoms with van der Waals surface area (Å²) < 4.78 is 1.54. The van der Waals surface area contributed by atoms with Crippen molar-refractivity contribution in [2.24, 2.45) is 0 Å². The molecule has 0 aliphatic carbocycles. The Kier molecular flexibility index (Phi) is 22.4. The van der Waals surface area contributed by atoms with Crippen molar-refractivity contribution in [3.63, 3.8) is 0 Å². The standard InChI is InChI=1S/C33H46N2.2C7H8O.Ni/c1-5-9-13-17-27-19-15-21-29(25-27)33-31(23-12-8-4)30(22-11-7-3)32(35(33)34)28-20-14-18-26(24-28)16-10-6-2;2*8-6-7-4-2-1-3-5-7;/h14-15,18-21,24-25H,5-13,16-17,22-23H2,1-4H3;2*1-5,8H,6H2;. The maximum Gasteiger partial charge on any atom is 0.211 e. The molecule has 5 rings (SSSR count). The summed E-state index contributed by atoms with van der Waals surface area (Å²) in [5, 5.41) is 17.1. The van der Waals surface area contributed by atoms with Crippen molar-refractivity contribution in [2.75, 3.05) is 0 Å². The zero-order valence-corrected chi connectivity index (χ0v) is 33.1. The van der Waals surface area contributed by atoms with Gasteiger partial charge < -0.3 is 15.7 Å². The molecular weight excluding hydrogens is 683 g/mol. The topological polar surface area (TPSA) is 65.8 Å². The zero-order chi connectivity index (χ0) is 36.7.